The Labute approximate surface area is 178 Å². The molecule has 0 aromatic heterocycles. The van der Waals surface area contributed by atoms with Crippen LogP contribution in [0.25, 0.3) is 0 Å². The van der Waals surface area contributed by atoms with Crippen LogP contribution in [0.3, 0.4) is 0 Å². The van der Waals surface area contributed by atoms with Crippen LogP contribution in [-0.4, -0.2) is 26.6 Å². The van der Waals surface area contributed by atoms with E-state index in [1.807, 2.05) is 31.2 Å². The third kappa shape index (κ3) is 3.53. The summed E-state index contributed by atoms with van der Waals surface area (Å²) in [5, 5.41) is 3.54. The quantitative estimate of drug-likeness (QED) is 0.729. The van der Waals surface area contributed by atoms with Crippen LogP contribution < -0.4 is 19.5 Å². The van der Waals surface area contributed by atoms with Crippen LogP contribution in [0.4, 0.5) is 5.69 Å². The van der Waals surface area contributed by atoms with Gasteiger partial charge in [-0.25, -0.2) is 0 Å². The molecule has 0 saturated heterocycles. The van der Waals surface area contributed by atoms with Gasteiger partial charge in [0, 0.05) is 35.4 Å². The summed E-state index contributed by atoms with van der Waals surface area (Å²) in [5.74, 6) is 2.19. The van der Waals surface area contributed by atoms with Crippen molar-refractivity contribution in [2.75, 3.05) is 26.1 Å². The highest BCUT2D eigenvalue weighted by molar-refractivity contribution is 6.01. The minimum atomic E-state index is -0.157. The molecule has 1 N–H and O–H groups in total. The normalized spacial score (nSPS) is 19.5. The number of carbonyl (C=O) groups excluding carboxylic acids is 1. The summed E-state index contributed by atoms with van der Waals surface area (Å²) in [6, 6.07) is 12.0. The Morgan fingerprint density at radius 1 is 1.03 bits per heavy atom. The van der Waals surface area contributed by atoms with Gasteiger partial charge in [0.25, 0.3) is 0 Å². The predicted molar refractivity (Wildman–Crippen MR) is 118 cm³/mol. The highest BCUT2D eigenvalue weighted by Crippen LogP contribution is 2.51. The lowest BCUT2D eigenvalue weighted by Crippen LogP contribution is -2.33. The van der Waals surface area contributed by atoms with Gasteiger partial charge in [-0.3, -0.25) is 4.79 Å². The lowest BCUT2D eigenvalue weighted by Gasteiger charge is -2.39. The van der Waals surface area contributed by atoms with E-state index in [0.29, 0.717) is 24.5 Å². The number of rotatable bonds is 5. The van der Waals surface area contributed by atoms with Crippen molar-refractivity contribution in [3.8, 4) is 17.2 Å². The molecule has 0 saturated carbocycles. The SMILES string of the molecule is CCOc1ccc(C2C3=C(CC(C)(C)CC3=O)Nc3cc(OC)c(OC)cc32)cc1. The summed E-state index contributed by atoms with van der Waals surface area (Å²) in [6.45, 7) is 6.88. The number of fused-ring (bicyclic) bond motifs is 1. The number of ketones is 1. The molecule has 0 radical (unpaired) electrons. The second kappa shape index (κ2) is 7.71. The molecular weight excluding hydrogens is 378 g/mol. The largest absolute Gasteiger partial charge is 0.494 e. The fraction of sp³-hybridized carbons (Fsp3) is 0.400. The summed E-state index contributed by atoms with van der Waals surface area (Å²) < 4.78 is 16.7. The molecule has 5 nitrogen and oxygen atoms in total. The molecule has 2 aliphatic rings. The van der Waals surface area contributed by atoms with Crippen LogP contribution in [0.15, 0.2) is 47.7 Å². The van der Waals surface area contributed by atoms with E-state index in [-0.39, 0.29) is 17.1 Å². The Hall–Kier alpha value is -2.95. The first-order chi connectivity index (χ1) is 14.4. The first-order valence-electron chi connectivity index (χ1n) is 10.4. The minimum absolute atomic E-state index is 0.0691. The van der Waals surface area contributed by atoms with Gasteiger partial charge in [-0.2, -0.15) is 0 Å². The van der Waals surface area contributed by atoms with Crippen LogP contribution in [0, 0.1) is 5.41 Å². The Balaban J connectivity index is 1.90. The van der Waals surface area contributed by atoms with E-state index in [1.54, 1.807) is 14.2 Å². The Bertz CT molecular complexity index is 1000. The van der Waals surface area contributed by atoms with Gasteiger partial charge in [0.15, 0.2) is 17.3 Å². The molecule has 2 aromatic rings. The predicted octanol–water partition coefficient (Wildman–Crippen LogP) is 5.30. The number of nitrogens with one attached hydrogen (secondary N) is 1. The number of anilines is 1. The molecule has 1 aliphatic carbocycles. The Kier molecular flexibility index (Phi) is 5.22. The van der Waals surface area contributed by atoms with Crippen molar-refractivity contribution in [1.29, 1.82) is 0 Å². The van der Waals surface area contributed by atoms with E-state index >= 15 is 0 Å². The van der Waals surface area contributed by atoms with E-state index < -0.39 is 0 Å². The average Bonchev–Trinajstić information content (AvgIpc) is 2.71. The van der Waals surface area contributed by atoms with Crippen LogP contribution in [0.2, 0.25) is 0 Å². The fourth-order valence-corrected chi connectivity index (χ4v) is 4.61. The first-order valence-corrected chi connectivity index (χ1v) is 10.4. The lowest BCUT2D eigenvalue weighted by atomic mass is 9.68. The molecule has 0 amide bonds. The van der Waals surface area contributed by atoms with Crippen molar-refractivity contribution < 1.29 is 19.0 Å². The minimum Gasteiger partial charge on any atom is -0.494 e. The smallest absolute Gasteiger partial charge is 0.162 e. The van der Waals surface area contributed by atoms with Gasteiger partial charge in [0.1, 0.15) is 5.75 Å². The maximum absolute atomic E-state index is 13.3. The summed E-state index contributed by atoms with van der Waals surface area (Å²) in [5.41, 5.74) is 4.84. The second-order valence-electron chi connectivity index (χ2n) is 8.69. The number of benzene rings is 2. The second-order valence-corrected chi connectivity index (χ2v) is 8.69. The van der Waals surface area contributed by atoms with Gasteiger partial charge in [-0.05, 0) is 48.1 Å². The molecule has 2 aromatic carbocycles. The van der Waals surface area contributed by atoms with E-state index in [1.165, 1.54) is 0 Å². The topological polar surface area (TPSA) is 56.8 Å². The van der Waals surface area contributed by atoms with E-state index in [4.69, 9.17) is 14.2 Å². The molecule has 0 fully saturated rings. The zero-order valence-electron chi connectivity index (χ0n) is 18.3. The summed E-state index contributed by atoms with van der Waals surface area (Å²) in [4.78, 5) is 13.3. The molecule has 4 rings (SSSR count). The number of Topliss-reactive ketones (excluding diaryl/α,β-unsaturated/α-hetero) is 1. The molecule has 30 heavy (non-hydrogen) atoms. The number of hydrogen-bond donors (Lipinski definition) is 1. The van der Waals surface area contributed by atoms with Crippen molar-refractivity contribution in [3.63, 3.8) is 0 Å². The molecule has 1 aliphatic heterocycles. The van der Waals surface area contributed by atoms with E-state index in [2.05, 4.69) is 31.3 Å². The molecule has 1 unspecified atom stereocenters. The van der Waals surface area contributed by atoms with Gasteiger partial charge in [-0.15, -0.1) is 0 Å². The van der Waals surface area contributed by atoms with Gasteiger partial charge < -0.3 is 19.5 Å². The maximum atomic E-state index is 13.3. The Morgan fingerprint density at radius 3 is 2.33 bits per heavy atom. The lowest BCUT2D eigenvalue weighted by molar-refractivity contribution is -0.118. The van der Waals surface area contributed by atoms with Crippen LogP contribution >= 0.6 is 0 Å². The van der Waals surface area contributed by atoms with Crippen molar-refractivity contribution in [2.45, 2.75) is 39.5 Å². The summed E-state index contributed by atoms with van der Waals surface area (Å²) >= 11 is 0. The standard InChI is InChI=1S/C25H29NO4/c1-6-30-16-9-7-15(8-10-16)23-17-11-21(28-4)22(29-5)12-18(17)26-19-13-25(2,3)14-20(27)24(19)23/h7-12,23,26H,6,13-14H2,1-5H3. The van der Waals surface area contributed by atoms with Crippen LogP contribution in [0.5, 0.6) is 17.2 Å². The zero-order chi connectivity index (χ0) is 21.5. The number of methoxy groups -OCH3 is 2. The summed E-state index contributed by atoms with van der Waals surface area (Å²) in [7, 11) is 3.26. The van der Waals surface area contributed by atoms with Crippen molar-refractivity contribution >= 4 is 11.5 Å². The van der Waals surface area contributed by atoms with E-state index in [9.17, 15) is 4.79 Å². The van der Waals surface area contributed by atoms with Crippen molar-refractivity contribution in [3.05, 3.63) is 58.8 Å². The molecule has 1 heterocycles. The third-order valence-corrected chi connectivity index (χ3v) is 5.89. The monoisotopic (exact) mass is 407 g/mol. The fourth-order valence-electron chi connectivity index (χ4n) is 4.61. The first kappa shape index (κ1) is 20.3. The zero-order valence-corrected chi connectivity index (χ0v) is 18.3. The molecule has 0 bridgehead atoms. The van der Waals surface area contributed by atoms with Gasteiger partial charge in [0.2, 0.25) is 0 Å². The molecule has 158 valence electrons. The van der Waals surface area contributed by atoms with Crippen LogP contribution in [-0.2, 0) is 4.79 Å². The number of allylic oxidation sites excluding steroid dienone is 2. The van der Waals surface area contributed by atoms with Gasteiger partial charge in [-0.1, -0.05) is 26.0 Å². The molecule has 0 spiro atoms. The highest BCUT2D eigenvalue weighted by atomic mass is 16.5. The third-order valence-electron chi connectivity index (χ3n) is 5.89. The molecule has 1 atom stereocenters. The molecule has 5 heteroatoms. The van der Waals surface area contributed by atoms with Gasteiger partial charge >= 0.3 is 0 Å². The van der Waals surface area contributed by atoms with Crippen molar-refractivity contribution in [1.82, 2.24) is 0 Å². The molecular formula is C25H29NO4. The number of ether oxygens (including phenoxy) is 3. The maximum Gasteiger partial charge on any atom is 0.162 e. The summed E-state index contributed by atoms with van der Waals surface area (Å²) in [6.07, 6.45) is 1.37. The van der Waals surface area contributed by atoms with Crippen LogP contribution in [0.1, 0.15) is 50.7 Å². The average molecular weight is 408 g/mol. The highest BCUT2D eigenvalue weighted by Gasteiger charge is 2.41. The van der Waals surface area contributed by atoms with E-state index in [0.717, 1.165) is 40.3 Å². The number of hydrogen-bond acceptors (Lipinski definition) is 5. The van der Waals surface area contributed by atoms with Gasteiger partial charge in [0.05, 0.1) is 20.8 Å². The van der Waals surface area contributed by atoms with Crippen molar-refractivity contribution in [2.24, 2.45) is 5.41 Å². The Morgan fingerprint density at radius 2 is 1.70 bits per heavy atom. The number of carbonyl (C=O) groups is 1.